The van der Waals surface area contributed by atoms with Crippen LogP contribution in [0.3, 0.4) is 0 Å². The maximum Gasteiger partial charge on any atom is 0.220 e. The van der Waals surface area contributed by atoms with E-state index in [1.807, 2.05) is 0 Å². The van der Waals surface area contributed by atoms with Crippen molar-refractivity contribution >= 4 is 5.91 Å². The molecule has 0 spiro atoms. The van der Waals surface area contributed by atoms with Gasteiger partial charge in [-0.1, -0.05) is 149 Å². The predicted octanol–water partition coefficient (Wildman–Crippen LogP) is 5.41. The van der Waals surface area contributed by atoms with Gasteiger partial charge in [-0.2, -0.15) is 0 Å². The van der Waals surface area contributed by atoms with Gasteiger partial charge in [0.2, 0.25) is 5.91 Å². The molecule has 10 heteroatoms. The largest absolute Gasteiger partial charge is 0.394 e. The van der Waals surface area contributed by atoms with E-state index in [0.717, 1.165) is 51.4 Å². The van der Waals surface area contributed by atoms with E-state index in [9.17, 15) is 35.4 Å². The van der Waals surface area contributed by atoms with Crippen molar-refractivity contribution < 1.29 is 44.9 Å². The third-order valence-corrected chi connectivity index (χ3v) is 9.55. The monoisotopic (exact) mass is 676 g/mol. The number of amides is 1. The van der Waals surface area contributed by atoms with Crippen LogP contribution in [0.1, 0.15) is 168 Å². The summed E-state index contributed by atoms with van der Waals surface area (Å²) < 4.78 is 11.1. The molecule has 7 N–H and O–H groups in total. The molecule has 0 radical (unpaired) electrons. The molecule has 1 amide bonds. The van der Waals surface area contributed by atoms with Gasteiger partial charge in [-0.05, 0) is 12.8 Å². The first-order valence-corrected chi connectivity index (χ1v) is 19.3. The highest BCUT2D eigenvalue weighted by molar-refractivity contribution is 5.76. The Balaban J connectivity index is 2.47. The Bertz CT molecular complexity index is 728. The van der Waals surface area contributed by atoms with Crippen molar-refractivity contribution in [3.63, 3.8) is 0 Å². The van der Waals surface area contributed by atoms with Crippen LogP contribution >= 0.6 is 0 Å². The van der Waals surface area contributed by atoms with E-state index in [1.54, 1.807) is 0 Å². The average Bonchev–Trinajstić information content (AvgIpc) is 3.07. The van der Waals surface area contributed by atoms with Gasteiger partial charge in [0.05, 0.1) is 25.4 Å². The predicted molar refractivity (Wildman–Crippen MR) is 186 cm³/mol. The summed E-state index contributed by atoms with van der Waals surface area (Å²) in [5.74, 6) is -0.260. The SMILES string of the molecule is CCCCCCCCCCCCCCCCC(=O)N[C@@H](CO[C@@H]1O[C@H](CO)[C@@H](O)C(O)C1O)[C@H](O)[C@H](O)CCCCCCCCCC. The molecule has 0 aromatic heterocycles. The second-order valence-electron chi connectivity index (χ2n) is 13.9. The van der Waals surface area contributed by atoms with E-state index in [0.29, 0.717) is 6.42 Å². The van der Waals surface area contributed by atoms with Gasteiger partial charge in [0.15, 0.2) is 6.29 Å². The van der Waals surface area contributed by atoms with Gasteiger partial charge in [0.1, 0.15) is 30.5 Å². The lowest BCUT2D eigenvalue weighted by Gasteiger charge is -2.40. The fourth-order valence-electron chi connectivity index (χ4n) is 6.31. The van der Waals surface area contributed by atoms with Crippen LogP contribution in [0.2, 0.25) is 0 Å². The summed E-state index contributed by atoms with van der Waals surface area (Å²) in [5.41, 5.74) is 0. The lowest BCUT2D eigenvalue weighted by molar-refractivity contribution is -0.303. The lowest BCUT2D eigenvalue weighted by atomic mass is 9.98. The third-order valence-electron chi connectivity index (χ3n) is 9.55. The number of aliphatic hydroxyl groups excluding tert-OH is 6. The number of unbranched alkanes of at least 4 members (excludes halogenated alkanes) is 20. The Labute approximate surface area is 286 Å². The van der Waals surface area contributed by atoms with Gasteiger partial charge >= 0.3 is 0 Å². The molecule has 10 nitrogen and oxygen atoms in total. The summed E-state index contributed by atoms with van der Waals surface area (Å²) in [7, 11) is 0. The minimum atomic E-state index is -1.60. The third kappa shape index (κ3) is 20.4. The highest BCUT2D eigenvalue weighted by atomic mass is 16.7. The van der Waals surface area contributed by atoms with Crippen molar-refractivity contribution in [1.29, 1.82) is 0 Å². The minimum Gasteiger partial charge on any atom is -0.394 e. The van der Waals surface area contributed by atoms with Crippen molar-refractivity contribution in [3.05, 3.63) is 0 Å². The molecule has 0 aliphatic carbocycles. The van der Waals surface area contributed by atoms with Gasteiger partial charge < -0.3 is 45.4 Å². The molecule has 0 aromatic carbocycles. The summed E-state index contributed by atoms with van der Waals surface area (Å²) in [6, 6.07) is -0.981. The Morgan fingerprint density at radius 2 is 1.11 bits per heavy atom. The van der Waals surface area contributed by atoms with E-state index < -0.39 is 55.6 Å². The zero-order valence-corrected chi connectivity index (χ0v) is 29.9. The zero-order chi connectivity index (χ0) is 34.7. The van der Waals surface area contributed by atoms with E-state index in [4.69, 9.17) is 9.47 Å². The molecule has 1 fully saturated rings. The van der Waals surface area contributed by atoms with Crippen molar-refractivity contribution in [2.24, 2.45) is 0 Å². The molecular formula is C37H73NO9. The summed E-state index contributed by atoms with van der Waals surface area (Å²) >= 11 is 0. The topological polar surface area (TPSA) is 169 Å². The minimum absolute atomic E-state index is 0.260. The quantitative estimate of drug-likeness (QED) is 0.0475. The number of carbonyl (C=O) groups excluding carboxylic acids is 1. The van der Waals surface area contributed by atoms with E-state index in [2.05, 4.69) is 19.2 Å². The Morgan fingerprint density at radius 3 is 1.57 bits per heavy atom. The van der Waals surface area contributed by atoms with Crippen LogP contribution in [-0.4, -0.2) is 98.7 Å². The van der Waals surface area contributed by atoms with E-state index in [-0.39, 0.29) is 18.9 Å². The number of carbonyl (C=O) groups is 1. The van der Waals surface area contributed by atoms with Crippen LogP contribution in [-0.2, 0) is 14.3 Å². The Morgan fingerprint density at radius 1 is 0.660 bits per heavy atom. The number of aliphatic hydroxyl groups is 6. The molecule has 8 atom stereocenters. The first-order valence-electron chi connectivity index (χ1n) is 19.3. The Kier molecular flexibility index (Phi) is 27.2. The molecule has 2 unspecified atom stereocenters. The summed E-state index contributed by atoms with van der Waals surface area (Å²) in [6.45, 7) is 3.54. The normalized spacial score (nSPS) is 23.4. The van der Waals surface area contributed by atoms with Crippen LogP contribution in [0, 0.1) is 0 Å². The molecular weight excluding hydrogens is 602 g/mol. The van der Waals surface area contributed by atoms with E-state index >= 15 is 0 Å². The molecule has 0 aromatic rings. The summed E-state index contributed by atoms with van der Waals surface area (Å²) in [6.07, 6.45) is 17.0. The highest BCUT2D eigenvalue weighted by Gasteiger charge is 2.44. The first kappa shape index (κ1) is 44.2. The molecule has 0 saturated carbocycles. The van der Waals surface area contributed by atoms with Gasteiger partial charge in [0, 0.05) is 6.42 Å². The molecule has 0 bridgehead atoms. The Hall–Kier alpha value is -0.850. The smallest absolute Gasteiger partial charge is 0.220 e. The van der Waals surface area contributed by atoms with Crippen molar-refractivity contribution in [2.75, 3.05) is 13.2 Å². The lowest BCUT2D eigenvalue weighted by Crippen LogP contribution is -2.60. The van der Waals surface area contributed by atoms with Gasteiger partial charge in [-0.3, -0.25) is 4.79 Å². The maximum absolute atomic E-state index is 12.9. The van der Waals surface area contributed by atoms with Crippen LogP contribution in [0.15, 0.2) is 0 Å². The van der Waals surface area contributed by atoms with Crippen molar-refractivity contribution in [3.8, 4) is 0 Å². The number of rotatable bonds is 31. The summed E-state index contributed by atoms with van der Waals surface area (Å²) in [4.78, 5) is 12.9. The average molecular weight is 676 g/mol. The fourth-order valence-corrected chi connectivity index (χ4v) is 6.31. The molecule has 1 saturated heterocycles. The zero-order valence-electron chi connectivity index (χ0n) is 29.9. The van der Waals surface area contributed by atoms with Crippen LogP contribution < -0.4 is 5.32 Å². The first-order chi connectivity index (χ1) is 22.8. The fraction of sp³-hybridized carbons (Fsp3) is 0.973. The van der Waals surface area contributed by atoms with Crippen LogP contribution in [0.25, 0.3) is 0 Å². The van der Waals surface area contributed by atoms with Crippen molar-refractivity contribution in [1.82, 2.24) is 5.32 Å². The maximum atomic E-state index is 12.9. The van der Waals surface area contributed by atoms with Crippen LogP contribution in [0.5, 0.6) is 0 Å². The number of nitrogens with one attached hydrogen (secondary N) is 1. The number of ether oxygens (including phenoxy) is 2. The van der Waals surface area contributed by atoms with Crippen LogP contribution in [0.4, 0.5) is 0 Å². The number of hydrogen-bond donors (Lipinski definition) is 7. The molecule has 280 valence electrons. The number of hydrogen-bond acceptors (Lipinski definition) is 9. The van der Waals surface area contributed by atoms with Crippen molar-refractivity contribution in [2.45, 2.75) is 217 Å². The molecule has 1 aliphatic rings. The summed E-state index contributed by atoms with van der Waals surface area (Å²) in [5, 5.41) is 64.6. The standard InChI is InChI=1S/C37H73NO9/c1-3-5-7-9-11-13-14-15-16-17-18-20-22-24-26-32(41)38-29(28-46-37-36(45)35(44)34(43)31(27-39)47-37)33(42)30(40)25-23-21-19-12-10-8-6-4-2/h29-31,33-37,39-40,42-45H,3-28H2,1-2H3,(H,38,41)/t29-,30+,31+,33-,34+,35?,36?,37+/m0/s1. The second-order valence-corrected chi connectivity index (χ2v) is 13.9. The molecule has 1 aliphatic heterocycles. The molecule has 1 rings (SSSR count). The van der Waals surface area contributed by atoms with Gasteiger partial charge in [-0.25, -0.2) is 0 Å². The molecule has 1 heterocycles. The molecule has 47 heavy (non-hydrogen) atoms. The van der Waals surface area contributed by atoms with E-state index in [1.165, 1.54) is 89.9 Å². The highest BCUT2D eigenvalue weighted by Crippen LogP contribution is 2.23. The van der Waals surface area contributed by atoms with Gasteiger partial charge in [-0.15, -0.1) is 0 Å². The second kappa shape index (κ2) is 28.9. The van der Waals surface area contributed by atoms with Gasteiger partial charge in [0.25, 0.3) is 0 Å².